The third-order valence-corrected chi connectivity index (χ3v) is 5.81. The van der Waals surface area contributed by atoms with Crippen LogP contribution in [0, 0.1) is 0 Å². The van der Waals surface area contributed by atoms with Gasteiger partial charge in [-0.05, 0) is 48.6 Å². The number of amides is 2. The Morgan fingerprint density at radius 3 is 2.67 bits per heavy atom. The zero-order valence-electron chi connectivity index (χ0n) is 17.4. The Morgan fingerprint density at radius 1 is 1.07 bits per heavy atom. The van der Waals surface area contributed by atoms with Crippen molar-refractivity contribution < 1.29 is 19.1 Å². The minimum Gasteiger partial charge on any atom is -0.486 e. The second kappa shape index (κ2) is 9.20. The van der Waals surface area contributed by atoms with Crippen LogP contribution in [0.3, 0.4) is 0 Å². The Balaban J connectivity index is 1.22. The third kappa shape index (κ3) is 4.58. The molecular formula is C24H28N2O4. The van der Waals surface area contributed by atoms with Gasteiger partial charge >= 0.3 is 0 Å². The van der Waals surface area contributed by atoms with Crippen molar-refractivity contribution in [1.29, 1.82) is 0 Å². The average Bonchev–Trinajstić information content (AvgIpc) is 2.80. The molecule has 2 aliphatic heterocycles. The summed E-state index contributed by atoms with van der Waals surface area (Å²) in [5, 5.41) is 2.95. The molecule has 0 spiro atoms. The van der Waals surface area contributed by atoms with E-state index in [4.69, 9.17) is 9.47 Å². The molecule has 1 unspecified atom stereocenters. The van der Waals surface area contributed by atoms with Crippen molar-refractivity contribution in [1.82, 2.24) is 10.2 Å². The summed E-state index contributed by atoms with van der Waals surface area (Å²) in [4.78, 5) is 27.0. The molecule has 0 saturated carbocycles. The fraction of sp³-hybridized carbons (Fsp3) is 0.417. The fourth-order valence-electron chi connectivity index (χ4n) is 3.95. The summed E-state index contributed by atoms with van der Waals surface area (Å²) in [6.45, 7) is 4.88. The molecule has 2 aromatic carbocycles. The molecule has 2 aliphatic rings. The second-order valence-electron chi connectivity index (χ2n) is 7.85. The molecule has 4 rings (SSSR count). The van der Waals surface area contributed by atoms with Crippen LogP contribution in [0.15, 0.2) is 42.5 Å². The predicted octanol–water partition coefficient (Wildman–Crippen LogP) is 3.04. The van der Waals surface area contributed by atoms with Crippen LogP contribution in [0.5, 0.6) is 11.5 Å². The summed E-state index contributed by atoms with van der Waals surface area (Å²) in [5.41, 5.74) is 3.46. The van der Waals surface area contributed by atoms with Crippen LogP contribution in [-0.4, -0.2) is 43.0 Å². The zero-order chi connectivity index (χ0) is 20.9. The molecule has 1 atom stereocenters. The van der Waals surface area contributed by atoms with Gasteiger partial charge in [0.05, 0.1) is 5.92 Å². The van der Waals surface area contributed by atoms with E-state index in [0.29, 0.717) is 44.9 Å². The molecular weight excluding hydrogens is 380 g/mol. The van der Waals surface area contributed by atoms with Crippen LogP contribution in [0.4, 0.5) is 0 Å². The molecule has 158 valence electrons. The van der Waals surface area contributed by atoms with Crippen molar-refractivity contribution in [3.05, 3.63) is 59.2 Å². The molecule has 2 aromatic rings. The number of ether oxygens (including phenoxy) is 2. The van der Waals surface area contributed by atoms with Gasteiger partial charge in [0.2, 0.25) is 11.8 Å². The highest BCUT2D eigenvalue weighted by Crippen LogP contribution is 2.33. The summed E-state index contributed by atoms with van der Waals surface area (Å²) in [6, 6.07) is 13.9. The normalized spacial score (nSPS) is 15.8. The van der Waals surface area contributed by atoms with Gasteiger partial charge in [0.1, 0.15) is 13.2 Å². The SMILES string of the molecule is CC(C(=O)NCCCC(=O)N1CCc2ccccc2C1)c1ccc2c(c1)OCCO2. The smallest absolute Gasteiger partial charge is 0.227 e. The molecule has 0 fully saturated rings. The number of nitrogens with one attached hydrogen (secondary N) is 1. The first kappa shape index (κ1) is 20.3. The molecule has 0 saturated heterocycles. The van der Waals surface area contributed by atoms with E-state index in [1.807, 2.05) is 42.2 Å². The van der Waals surface area contributed by atoms with E-state index >= 15 is 0 Å². The van der Waals surface area contributed by atoms with Gasteiger partial charge in [-0.15, -0.1) is 0 Å². The minimum absolute atomic E-state index is 0.0500. The van der Waals surface area contributed by atoms with Crippen molar-refractivity contribution in [2.45, 2.75) is 38.6 Å². The maximum atomic E-state index is 12.5. The Hall–Kier alpha value is -3.02. The summed E-state index contributed by atoms with van der Waals surface area (Å²) in [7, 11) is 0. The molecule has 0 bridgehead atoms. The van der Waals surface area contributed by atoms with E-state index in [2.05, 4.69) is 17.4 Å². The van der Waals surface area contributed by atoms with E-state index < -0.39 is 0 Å². The Bertz CT molecular complexity index is 927. The van der Waals surface area contributed by atoms with E-state index in [-0.39, 0.29) is 17.7 Å². The molecule has 2 heterocycles. The molecule has 0 radical (unpaired) electrons. The lowest BCUT2D eigenvalue weighted by Gasteiger charge is -2.29. The number of fused-ring (bicyclic) bond motifs is 2. The van der Waals surface area contributed by atoms with Crippen LogP contribution in [0.25, 0.3) is 0 Å². The highest BCUT2D eigenvalue weighted by atomic mass is 16.6. The van der Waals surface area contributed by atoms with E-state index in [1.165, 1.54) is 11.1 Å². The number of rotatable bonds is 6. The summed E-state index contributed by atoms with van der Waals surface area (Å²) >= 11 is 0. The van der Waals surface area contributed by atoms with Gasteiger partial charge in [-0.3, -0.25) is 9.59 Å². The molecule has 2 amide bonds. The highest BCUT2D eigenvalue weighted by Gasteiger charge is 2.21. The van der Waals surface area contributed by atoms with Crippen LogP contribution >= 0.6 is 0 Å². The minimum atomic E-state index is -0.296. The summed E-state index contributed by atoms with van der Waals surface area (Å²) < 4.78 is 11.1. The van der Waals surface area contributed by atoms with Gasteiger partial charge < -0.3 is 19.7 Å². The predicted molar refractivity (Wildman–Crippen MR) is 114 cm³/mol. The average molecular weight is 408 g/mol. The Kier molecular flexibility index (Phi) is 6.21. The van der Waals surface area contributed by atoms with Gasteiger partial charge in [-0.2, -0.15) is 0 Å². The Morgan fingerprint density at radius 2 is 1.83 bits per heavy atom. The number of hydrogen-bond donors (Lipinski definition) is 1. The quantitative estimate of drug-likeness (QED) is 0.746. The largest absolute Gasteiger partial charge is 0.486 e. The second-order valence-corrected chi connectivity index (χ2v) is 7.85. The van der Waals surface area contributed by atoms with Gasteiger partial charge in [0.15, 0.2) is 11.5 Å². The van der Waals surface area contributed by atoms with E-state index in [1.54, 1.807) is 0 Å². The first-order valence-corrected chi connectivity index (χ1v) is 10.6. The van der Waals surface area contributed by atoms with Gasteiger partial charge in [0, 0.05) is 26.1 Å². The van der Waals surface area contributed by atoms with Crippen molar-refractivity contribution in [2.24, 2.45) is 0 Å². The third-order valence-electron chi connectivity index (χ3n) is 5.81. The topological polar surface area (TPSA) is 67.9 Å². The van der Waals surface area contributed by atoms with E-state index in [0.717, 1.165) is 24.3 Å². The number of benzene rings is 2. The fourth-order valence-corrected chi connectivity index (χ4v) is 3.95. The van der Waals surface area contributed by atoms with Crippen molar-refractivity contribution in [3.8, 4) is 11.5 Å². The van der Waals surface area contributed by atoms with Crippen LogP contribution < -0.4 is 14.8 Å². The Labute approximate surface area is 177 Å². The lowest BCUT2D eigenvalue weighted by molar-refractivity contribution is -0.132. The van der Waals surface area contributed by atoms with Gasteiger partial charge in [-0.25, -0.2) is 0 Å². The standard InChI is InChI=1S/C24H28N2O4/c1-17(19-8-9-21-22(15-19)30-14-13-29-21)24(28)25-11-4-7-23(27)26-12-10-18-5-2-3-6-20(18)16-26/h2-3,5-6,8-9,15,17H,4,7,10-14,16H2,1H3,(H,25,28). The van der Waals surface area contributed by atoms with Gasteiger partial charge in [0.25, 0.3) is 0 Å². The van der Waals surface area contributed by atoms with Crippen LogP contribution in [0.1, 0.15) is 42.4 Å². The van der Waals surface area contributed by atoms with Crippen molar-refractivity contribution in [2.75, 3.05) is 26.3 Å². The van der Waals surface area contributed by atoms with Crippen LogP contribution in [-0.2, 0) is 22.6 Å². The maximum absolute atomic E-state index is 12.5. The highest BCUT2D eigenvalue weighted by molar-refractivity contribution is 5.83. The monoisotopic (exact) mass is 408 g/mol. The number of nitrogens with zero attached hydrogens (tertiary/aromatic N) is 1. The molecule has 1 N–H and O–H groups in total. The number of carbonyl (C=O) groups excluding carboxylic acids is 2. The molecule has 0 aromatic heterocycles. The molecule has 30 heavy (non-hydrogen) atoms. The maximum Gasteiger partial charge on any atom is 0.227 e. The van der Waals surface area contributed by atoms with Crippen molar-refractivity contribution in [3.63, 3.8) is 0 Å². The van der Waals surface area contributed by atoms with E-state index in [9.17, 15) is 9.59 Å². The number of carbonyl (C=O) groups is 2. The molecule has 6 heteroatoms. The van der Waals surface area contributed by atoms with Gasteiger partial charge in [-0.1, -0.05) is 30.3 Å². The molecule has 6 nitrogen and oxygen atoms in total. The lowest BCUT2D eigenvalue weighted by Crippen LogP contribution is -2.36. The summed E-state index contributed by atoms with van der Waals surface area (Å²) in [6.07, 6.45) is 1.99. The lowest BCUT2D eigenvalue weighted by atomic mass is 9.99. The first-order valence-electron chi connectivity index (χ1n) is 10.6. The number of hydrogen-bond acceptors (Lipinski definition) is 4. The van der Waals surface area contributed by atoms with Crippen molar-refractivity contribution >= 4 is 11.8 Å². The first-order chi connectivity index (χ1) is 14.6. The molecule has 0 aliphatic carbocycles. The summed E-state index contributed by atoms with van der Waals surface area (Å²) in [5.74, 6) is 1.21. The zero-order valence-corrected chi connectivity index (χ0v) is 17.4. The van der Waals surface area contributed by atoms with Crippen LogP contribution in [0.2, 0.25) is 0 Å².